The van der Waals surface area contributed by atoms with Gasteiger partial charge >= 0.3 is 7.82 Å². The average Bonchev–Trinajstić information content (AvgIpc) is 3.37. The van der Waals surface area contributed by atoms with E-state index in [-0.39, 0.29) is 19.1 Å². The topological polar surface area (TPSA) is 105 Å². The zero-order valence-corrected chi connectivity index (χ0v) is 51.2. The van der Waals surface area contributed by atoms with Crippen LogP contribution >= 0.6 is 7.82 Å². The predicted octanol–water partition coefficient (Wildman–Crippen LogP) is 20.0. The van der Waals surface area contributed by atoms with Crippen molar-refractivity contribution in [2.75, 3.05) is 40.9 Å². The molecular weight excluding hydrogens is 948 g/mol. The van der Waals surface area contributed by atoms with Crippen molar-refractivity contribution in [1.29, 1.82) is 0 Å². The summed E-state index contributed by atoms with van der Waals surface area (Å²) in [6.07, 6.45) is 78.0. The number of aliphatic hydroxyl groups excluding tert-OH is 1. The Balaban J connectivity index is 3.94. The van der Waals surface area contributed by atoms with E-state index >= 15 is 0 Å². The van der Waals surface area contributed by atoms with Crippen molar-refractivity contribution in [2.45, 2.75) is 315 Å². The van der Waals surface area contributed by atoms with Crippen molar-refractivity contribution in [1.82, 2.24) is 5.32 Å². The SMILES string of the molecule is CCCCCC/C=C/CC/C=C/CC/C=C/C(O)C(COP(=O)(O)OCC[N+](C)(C)C)NC(=O)CCCCCCCCCCCCCCCCCCC/C=C\C/C=C\CCCCCCCCCCCCCCCCC. The molecule has 3 N–H and O–H groups in total. The van der Waals surface area contributed by atoms with E-state index in [2.05, 4.69) is 67.8 Å². The number of phosphoric acid groups is 1. The monoisotopic (exact) mass is 1070 g/mol. The minimum absolute atomic E-state index is 0.0527. The van der Waals surface area contributed by atoms with Crippen LogP contribution in [0.15, 0.2) is 60.8 Å². The molecule has 0 bridgehead atoms. The Kier molecular flexibility index (Phi) is 55.5. The number of allylic oxidation sites excluding steroid dienone is 9. The highest BCUT2D eigenvalue weighted by Gasteiger charge is 2.27. The maximum atomic E-state index is 13.0. The van der Waals surface area contributed by atoms with Crippen molar-refractivity contribution in [3.05, 3.63) is 60.8 Å². The van der Waals surface area contributed by atoms with E-state index in [1.165, 1.54) is 231 Å². The molecule has 0 aliphatic rings. The third-order valence-electron chi connectivity index (χ3n) is 14.4. The van der Waals surface area contributed by atoms with Crippen molar-refractivity contribution in [3.8, 4) is 0 Å². The lowest BCUT2D eigenvalue weighted by Crippen LogP contribution is -2.45. The quantitative estimate of drug-likeness (QED) is 0.0243. The molecule has 1 amide bonds. The highest BCUT2D eigenvalue weighted by atomic mass is 31.2. The summed E-state index contributed by atoms with van der Waals surface area (Å²) in [5.74, 6) is -0.190. The van der Waals surface area contributed by atoms with Gasteiger partial charge in [-0.3, -0.25) is 13.8 Å². The lowest BCUT2D eigenvalue weighted by atomic mass is 10.0. The number of hydrogen-bond acceptors (Lipinski definition) is 5. The van der Waals surface area contributed by atoms with E-state index in [9.17, 15) is 19.4 Å². The Hall–Kier alpha value is -1.80. The van der Waals surface area contributed by atoms with Crippen LogP contribution in [0.25, 0.3) is 0 Å². The van der Waals surface area contributed by atoms with Gasteiger partial charge in [0.25, 0.3) is 0 Å². The molecule has 0 spiro atoms. The molecule has 3 unspecified atom stereocenters. The normalized spacial score (nSPS) is 14.2. The second-order valence-corrected chi connectivity index (χ2v) is 24.6. The molecule has 9 heteroatoms. The smallest absolute Gasteiger partial charge is 0.387 e. The van der Waals surface area contributed by atoms with Crippen LogP contribution in [0.5, 0.6) is 0 Å². The van der Waals surface area contributed by atoms with Gasteiger partial charge in [-0.1, -0.05) is 280 Å². The summed E-state index contributed by atoms with van der Waals surface area (Å²) in [7, 11) is 1.55. The van der Waals surface area contributed by atoms with Crippen LogP contribution in [0.2, 0.25) is 0 Å². The van der Waals surface area contributed by atoms with E-state index in [0.29, 0.717) is 17.4 Å². The highest BCUT2D eigenvalue weighted by molar-refractivity contribution is 7.47. The Morgan fingerprint density at radius 1 is 0.453 bits per heavy atom. The molecule has 0 saturated carbocycles. The van der Waals surface area contributed by atoms with Crippen LogP contribution < -0.4 is 5.32 Å². The molecule has 0 aromatic heterocycles. The first-order valence-corrected chi connectivity index (χ1v) is 33.7. The third-order valence-corrected chi connectivity index (χ3v) is 15.4. The van der Waals surface area contributed by atoms with Crippen LogP contribution in [0.4, 0.5) is 0 Å². The highest BCUT2D eigenvalue weighted by Crippen LogP contribution is 2.43. The van der Waals surface area contributed by atoms with E-state index in [1.54, 1.807) is 6.08 Å². The second-order valence-electron chi connectivity index (χ2n) is 23.1. The molecule has 0 rings (SSSR count). The summed E-state index contributed by atoms with van der Waals surface area (Å²) in [6, 6.07) is -0.871. The number of carbonyl (C=O) groups is 1. The molecular formula is C66H126N2O6P+. The fraction of sp³-hybridized carbons (Fsp3) is 0.833. The number of nitrogens with zero attached hydrogens (tertiary/aromatic N) is 1. The minimum Gasteiger partial charge on any atom is -0.387 e. The van der Waals surface area contributed by atoms with Crippen molar-refractivity contribution in [3.63, 3.8) is 0 Å². The Morgan fingerprint density at radius 3 is 1.16 bits per heavy atom. The van der Waals surface area contributed by atoms with E-state index in [1.807, 2.05) is 27.2 Å². The van der Waals surface area contributed by atoms with Gasteiger partial charge in [-0.25, -0.2) is 4.57 Å². The average molecular weight is 1070 g/mol. The largest absolute Gasteiger partial charge is 0.472 e. The van der Waals surface area contributed by atoms with Gasteiger partial charge in [0.1, 0.15) is 13.2 Å². The van der Waals surface area contributed by atoms with Gasteiger partial charge in [0.05, 0.1) is 39.9 Å². The van der Waals surface area contributed by atoms with Gasteiger partial charge < -0.3 is 19.8 Å². The molecule has 0 heterocycles. The Bertz CT molecular complexity index is 1400. The summed E-state index contributed by atoms with van der Waals surface area (Å²) in [6.45, 7) is 4.78. The number of aliphatic hydroxyl groups is 1. The number of likely N-dealkylation sites (N-methyl/N-ethyl adjacent to an activating group) is 1. The number of hydrogen-bond donors (Lipinski definition) is 3. The summed E-state index contributed by atoms with van der Waals surface area (Å²) >= 11 is 0. The second kappa shape index (κ2) is 56.9. The van der Waals surface area contributed by atoms with E-state index in [4.69, 9.17) is 9.05 Å². The molecule has 0 radical (unpaired) electrons. The zero-order valence-electron chi connectivity index (χ0n) is 50.3. The van der Waals surface area contributed by atoms with E-state index < -0.39 is 20.0 Å². The number of unbranched alkanes of at least 4 members (excludes halogenated alkanes) is 38. The number of quaternary nitrogens is 1. The lowest BCUT2D eigenvalue weighted by molar-refractivity contribution is -0.870. The number of phosphoric ester groups is 1. The first kappa shape index (κ1) is 73.2. The molecule has 3 atom stereocenters. The molecule has 0 aliphatic carbocycles. The molecule has 0 aromatic carbocycles. The molecule has 0 fully saturated rings. The third kappa shape index (κ3) is 59.7. The van der Waals surface area contributed by atoms with Gasteiger partial charge in [-0.05, 0) is 77.0 Å². The predicted molar refractivity (Wildman–Crippen MR) is 327 cm³/mol. The number of carbonyl (C=O) groups excluding carboxylic acids is 1. The van der Waals surface area contributed by atoms with Gasteiger partial charge in [-0.2, -0.15) is 0 Å². The molecule has 440 valence electrons. The fourth-order valence-electron chi connectivity index (χ4n) is 9.40. The number of amides is 1. The van der Waals surface area contributed by atoms with Crippen LogP contribution in [-0.2, 0) is 18.4 Å². The molecule has 0 saturated heterocycles. The van der Waals surface area contributed by atoms with Gasteiger partial charge in [0.2, 0.25) is 5.91 Å². The van der Waals surface area contributed by atoms with Crippen LogP contribution in [-0.4, -0.2) is 73.4 Å². The summed E-state index contributed by atoms with van der Waals surface area (Å²) in [5, 5.41) is 13.9. The first-order valence-electron chi connectivity index (χ1n) is 32.2. The Morgan fingerprint density at radius 2 is 0.773 bits per heavy atom. The van der Waals surface area contributed by atoms with Crippen molar-refractivity contribution in [2.24, 2.45) is 0 Å². The van der Waals surface area contributed by atoms with Crippen LogP contribution in [0.1, 0.15) is 303 Å². The Labute approximate surface area is 466 Å². The summed E-state index contributed by atoms with van der Waals surface area (Å²) < 4.78 is 23.7. The minimum atomic E-state index is -4.36. The fourth-order valence-corrected chi connectivity index (χ4v) is 10.1. The maximum Gasteiger partial charge on any atom is 0.472 e. The maximum absolute atomic E-state index is 13.0. The first-order chi connectivity index (χ1) is 36.5. The standard InChI is InChI=1S/C66H125N2O6P/c1-6-8-10-12-14-16-18-20-22-23-24-25-26-27-28-29-30-31-32-33-34-35-36-37-38-39-40-41-42-43-44-45-46-48-50-52-54-56-58-60-66(70)67-64(63-74-75(71,72)73-62-61-68(3,4)5)65(69)59-57-55-53-51-49-47-21-19-17-15-13-11-9-7-2/h17,19,30-31,33-34,49,51,57,59,64-65,69H,6-16,18,20-29,32,35-48,50,52-56,58,60-63H2,1-5H3,(H-,67,70,71,72)/p+1/b19-17+,31-30-,34-33-,51-49+,59-57+. The van der Waals surface area contributed by atoms with Crippen LogP contribution in [0.3, 0.4) is 0 Å². The zero-order chi connectivity index (χ0) is 54.9. The van der Waals surface area contributed by atoms with Gasteiger partial charge in [0, 0.05) is 6.42 Å². The number of rotatable bonds is 59. The lowest BCUT2D eigenvalue weighted by Gasteiger charge is -2.25. The molecule has 0 aliphatic heterocycles. The molecule has 75 heavy (non-hydrogen) atoms. The van der Waals surface area contributed by atoms with Crippen LogP contribution in [0, 0.1) is 0 Å². The van der Waals surface area contributed by atoms with Gasteiger partial charge in [0.15, 0.2) is 0 Å². The van der Waals surface area contributed by atoms with Gasteiger partial charge in [-0.15, -0.1) is 0 Å². The van der Waals surface area contributed by atoms with E-state index in [0.717, 1.165) is 51.4 Å². The molecule has 0 aromatic rings. The molecule has 8 nitrogen and oxygen atoms in total. The van der Waals surface area contributed by atoms with Crippen molar-refractivity contribution < 1.29 is 32.9 Å². The number of nitrogens with one attached hydrogen (secondary N) is 1. The summed E-state index contributed by atoms with van der Waals surface area (Å²) in [4.78, 5) is 23.3. The summed E-state index contributed by atoms with van der Waals surface area (Å²) in [5.41, 5.74) is 0. The van der Waals surface area contributed by atoms with Crippen molar-refractivity contribution >= 4 is 13.7 Å².